The molecule has 1 aliphatic heterocycles. The molecule has 1 N–H and O–H groups in total. The number of aliphatic carboxylic acids is 1. The minimum Gasteiger partial charge on any atom is -0.480 e. The number of carbonyl (C=O) groups excluding carboxylic acids is 1. The Hall–Kier alpha value is -0.750. The molecule has 16 heavy (non-hydrogen) atoms. The third-order valence-electron chi connectivity index (χ3n) is 2.68. The molecule has 6 heteroatoms. The van der Waals surface area contributed by atoms with Gasteiger partial charge in [-0.2, -0.15) is 0 Å². The third kappa shape index (κ3) is 2.49. The van der Waals surface area contributed by atoms with Crippen LogP contribution in [0.4, 0.5) is 0 Å². The van der Waals surface area contributed by atoms with E-state index in [4.69, 9.17) is 9.84 Å². The Balaban J connectivity index is 2.85. The number of carboxylic acids is 1. The summed E-state index contributed by atoms with van der Waals surface area (Å²) in [5.41, 5.74) is 0. The number of hydrogen-bond acceptors (Lipinski definition) is 4. The van der Waals surface area contributed by atoms with Gasteiger partial charge >= 0.3 is 5.97 Å². The van der Waals surface area contributed by atoms with E-state index in [1.54, 1.807) is 6.92 Å². The first kappa shape index (κ1) is 13.3. The van der Waals surface area contributed by atoms with Crippen LogP contribution in [0.25, 0.3) is 0 Å². The molecule has 0 aromatic rings. The SMILES string of the molecule is CCC1SCC(C(=O)O)N1C(=O)C(C)OC. The van der Waals surface area contributed by atoms with Gasteiger partial charge in [-0.25, -0.2) is 4.79 Å². The summed E-state index contributed by atoms with van der Waals surface area (Å²) in [5, 5.41) is 9.00. The summed E-state index contributed by atoms with van der Waals surface area (Å²) < 4.78 is 4.95. The monoisotopic (exact) mass is 247 g/mol. The van der Waals surface area contributed by atoms with Gasteiger partial charge in [0.25, 0.3) is 5.91 Å². The van der Waals surface area contributed by atoms with Crippen LogP contribution in [0.5, 0.6) is 0 Å². The molecule has 0 aromatic heterocycles. The smallest absolute Gasteiger partial charge is 0.327 e. The number of amides is 1. The van der Waals surface area contributed by atoms with Crippen molar-refractivity contribution in [2.45, 2.75) is 37.8 Å². The number of thioether (sulfide) groups is 1. The van der Waals surface area contributed by atoms with Gasteiger partial charge in [-0.1, -0.05) is 6.92 Å². The maximum absolute atomic E-state index is 12.0. The van der Waals surface area contributed by atoms with Crippen LogP contribution in [0, 0.1) is 0 Å². The molecule has 1 rings (SSSR count). The van der Waals surface area contributed by atoms with Gasteiger partial charge in [-0.15, -0.1) is 11.8 Å². The predicted molar refractivity (Wildman–Crippen MR) is 61.3 cm³/mol. The number of methoxy groups -OCH3 is 1. The first-order valence-electron chi connectivity index (χ1n) is 5.22. The highest BCUT2D eigenvalue weighted by Gasteiger charge is 2.42. The maximum atomic E-state index is 12.0. The average molecular weight is 247 g/mol. The molecule has 0 aromatic carbocycles. The van der Waals surface area contributed by atoms with Crippen LogP contribution in [-0.4, -0.2) is 52.3 Å². The van der Waals surface area contributed by atoms with Gasteiger partial charge in [-0.05, 0) is 13.3 Å². The van der Waals surface area contributed by atoms with Crippen LogP contribution < -0.4 is 0 Å². The lowest BCUT2D eigenvalue weighted by Gasteiger charge is -2.28. The summed E-state index contributed by atoms with van der Waals surface area (Å²) in [6, 6.07) is -0.722. The molecule has 3 atom stereocenters. The molecule has 1 fully saturated rings. The number of carbonyl (C=O) groups is 2. The molecule has 0 spiro atoms. The molecular weight excluding hydrogens is 230 g/mol. The van der Waals surface area contributed by atoms with Crippen LogP contribution in [-0.2, 0) is 14.3 Å². The van der Waals surface area contributed by atoms with Crippen molar-refractivity contribution < 1.29 is 19.4 Å². The van der Waals surface area contributed by atoms with Crippen LogP contribution >= 0.6 is 11.8 Å². The zero-order valence-electron chi connectivity index (χ0n) is 9.67. The Kier molecular flexibility index (Phi) is 4.61. The van der Waals surface area contributed by atoms with E-state index in [9.17, 15) is 9.59 Å². The second-order valence-electron chi connectivity index (χ2n) is 3.67. The van der Waals surface area contributed by atoms with E-state index in [0.29, 0.717) is 5.75 Å². The number of carboxylic acid groups (broad SMARTS) is 1. The van der Waals surface area contributed by atoms with Crippen molar-refractivity contribution in [1.29, 1.82) is 0 Å². The number of rotatable bonds is 4. The zero-order valence-corrected chi connectivity index (χ0v) is 10.5. The molecule has 1 amide bonds. The summed E-state index contributed by atoms with van der Waals surface area (Å²) in [6.07, 6.45) is 0.158. The van der Waals surface area contributed by atoms with E-state index in [1.807, 2.05) is 6.92 Å². The van der Waals surface area contributed by atoms with Crippen molar-refractivity contribution in [3.05, 3.63) is 0 Å². The normalized spacial score (nSPS) is 26.8. The molecular formula is C10H17NO4S. The highest BCUT2D eigenvalue weighted by atomic mass is 32.2. The Labute approximate surface area is 99.1 Å². The van der Waals surface area contributed by atoms with Gasteiger partial charge in [-0.3, -0.25) is 4.79 Å². The van der Waals surface area contributed by atoms with Crippen LogP contribution in [0.3, 0.4) is 0 Å². The van der Waals surface area contributed by atoms with E-state index in [2.05, 4.69) is 0 Å². The Morgan fingerprint density at radius 2 is 2.25 bits per heavy atom. The first-order chi connectivity index (χ1) is 7.52. The van der Waals surface area contributed by atoms with E-state index >= 15 is 0 Å². The van der Waals surface area contributed by atoms with Gasteiger partial charge in [0.05, 0.1) is 5.37 Å². The van der Waals surface area contributed by atoms with Crippen molar-refractivity contribution in [2.24, 2.45) is 0 Å². The minimum atomic E-state index is -0.944. The lowest BCUT2D eigenvalue weighted by Crippen LogP contribution is -2.49. The second-order valence-corrected chi connectivity index (χ2v) is 4.88. The van der Waals surface area contributed by atoms with E-state index in [0.717, 1.165) is 6.42 Å². The molecule has 0 aliphatic carbocycles. The highest BCUT2D eigenvalue weighted by molar-refractivity contribution is 8.00. The number of nitrogens with zero attached hydrogens (tertiary/aromatic N) is 1. The quantitative estimate of drug-likeness (QED) is 0.795. The van der Waals surface area contributed by atoms with E-state index < -0.39 is 18.1 Å². The third-order valence-corrected chi connectivity index (χ3v) is 4.14. The molecule has 5 nitrogen and oxygen atoms in total. The molecule has 1 heterocycles. The van der Waals surface area contributed by atoms with Crippen LogP contribution in [0.15, 0.2) is 0 Å². The number of ether oxygens (including phenoxy) is 1. The molecule has 0 saturated carbocycles. The molecule has 3 unspecified atom stereocenters. The summed E-state index contributed by atoms with van der Waals surface area (Å²) >= 11 is 1.51. The molecule has 0 bridgehead atoms. The number of hydrogen-bond donors (Lipinski definition) is 1. The summed E-state index contributed by atoms with van der Waals surface area (Å²) in [6.45, 7) is 3.58. The first-order valence-corrected chi connectivity index (χ1v) is 6.27. The van der Waals surface area contributed by atoms with Crippen molar-refractivity contribution in [3.8, 4) is 0 Å². The molecule has 0 radical (unpaired) electrons. The molecule has 1 saturated heterocycles. The van der Waals surface area contributed by atoms with E-state index in [1.165, 1.54) is 23.8 Å². The largest absolute Gasteiger partial charge is 0.480 e. The minimum absolute atomic E-state index is 0.0498. The predicted octanol–water partition coefficient (Wildman–Crippen LogP) is 0.786. The van der Waals surface area contributed by atoms with Crippen LogP contribution in [0.2, 0.25) is 0 Å². The maximum Gasteiger partial charge on any atom is 0.327 e. The van der Waals surface area contributed by atoms with Crippen molar-refractivity contribution in [3.63, 3.8) is 0 Å². The second kappa shape index (κ2) is 5.54. The fourth-order valence-corrected chi connectivity index (χ4v) is 3.03. The molecule has 92 valence electrons. The van der Waals surface area contributed by atoms with Gasteiger partial charge in [0.15, 0.2) is 0 Å². The zero-order chi connectivity index (χ0) is 12.3. The Bertz CT molecular complexity index is 284. The van der Waals surface area contributed by atoms with Crippen molar-refractivity contribution in [1.82, 2.24) is 4.90 Å². The summed E-state index contributed by atoms with van der Waals surface area (Å²) in [5.74, 6) is -0.734. The Morgan fingerprint density at radius 3 is 2.69 bits per heavy atom. The van der Waals surface area contributed by atoms with Gasteiger partial charge in [0.2, 0.25) is 0 Å². The van der Waals surface area contributed by atoms with Gasteiger partial charge in [0, 0.05) is 12.9 Å². The van der Waals surface area contributed by atoms with Crippen molar-refractivity contribution >= 4 is 23.6 Å². The summed E-state index contributed by atoms with van der Waals surface area (Å²) in [4.78, 5) is 24.5. The van der Waals surface area contributed by atoms with E-state index in [-0.39, 0.29) is 11.3 Å². The lowest BCUT2D eigenvalue weighted by atomic mass is 10.2. The molecule has 1 aliphatic rings. The van der Waals surface area contributed by atoms with Crippen molar-refractivity contribution in [2.75, 3.05) is 12.9 Å². The fraction of sp³-hybridized carbons (Fsp3) is 0.800. The lowest BCUT2D eigenvalue weighted by molar-refractivity contribution is -0.153. The Morgan fingerprint density at radius 1 is 1.62 bits per heavy atom. The topological polar surface area (TPSA) is 66.8 Å². The van der Waals surface area contributed by atoms with Gasteiger partial charge < -0.3 is 14.7 Å². The standard InChI is InChI=1S/C10H17NO4S/c1-4-8-11(9(12)6(2)15-3)7(5-16-8)10(13)14/h6-8H,4-5H2,1-3H3,(H,13,14). The van der Waals surface area contributed by atoms with Gasteiger partial charge in [0.1, 0.15) is 12.1 Å². The fourth-order valence-electron chi connectivity index (χ4n) is 1.67. The van der Waals surface area contributed by atoms with Crippen LogP contribution in [0.1, 0.15) is 20.3 Å². The summed E-state index contributed by atoms with van der Waals surface area (Å²) in [7, 11) is 1.45. The average Bonchev–Trinajstić information content (AvgIpc) is 2.70. The highest BCUT2D eigenvalue weighted by Crippen LogP contribution is 2.32.